The van der Waals surface area contributed by atoms with Gasteiger partial charge in [-0.1, -0.05) is 24.3 Å². The predicted octanol–water partition coefficient (Wildman–Crippen LogP) is 6.30. The standard InChI is InChI=1S/C35H31F2N5O3/c1-41(2)35(13-14-35)21-42-31-17-25(34(43)44-3)11-12-30(31)39-32(42)18-23-9-10-24(16-28(23)37)29-5-4-6-33(40-29)45-20-26-8-7-22(19-38)15-27(26)36/h4-12,15-17H,13-14,18,20-21H2,1-3H3. The van der Waals surface area contributed by atoms with Crippen molar-refractivity contribution < 1.29 is 23.0 Å². The molecular formula is C35H31F2N5O3. The number of likely N-dealkylation sites (N-methyl/N-ethyl adjacent to an activating group) is 1. The number of benzene rings is 3. The Labute approximate surface area is 259 Å². The monoisotopic (exact) mass is 607 g/mol. The van der Waals surface area contributed by atoms with Crippen molar-refractivity contribution in [2.75, 3.05) is 21.2 Å². The molecule has 0 amide bonds. The number of esters is 1. The van der Waals surface area contributed by atoms with Crippen LogP contribution in [0.2, 0.25) is 0 Å². The van der Waals surface area contributed by atoms with Crippen LogP contribution in [0.4, 0.5) is 8.78 Å². The smallest absolute Gasteiger partial charge is 0.337 e. The van der Waals surface area contributed by atoms with Crippen molar-refractivity contribution >= 4 is 17.0 Å². The largest absolute Gasteiger partial charge is 0.473 e. The Kier molecular flexibility index (Phi) is 8.04. The Morgan fingerprint density at radius 1 is 1.00 bits per heavy atom. The van der Waals surface area contributed by atoms with Crippen LogP contribution in [0.5, 0.6) is 5.88 Å². The van der Waals surface area contributed by atoms with Crippen LogP contribution in [0.3, 0.4) is 0 Å². The molecule has 0 saturated heterocycles. The molecule has 0 unspecified atom stereocenters. The number of imidazole rings is 1. The molecule has 0 aliphatic heterocycles. The summed E-state index contributed by atoms with van der Waals surface area (Å²) in [5.41, 5.74) is 4.01. The van der Waals surface area contributed by atoms with Gasteiger partial charge in [-0.05, 0) is 75.0 Å². The maximum absolute atomic E-state index is 15.6. The van der Waals surface area contributed by atoms with Crippen LogP contribution in [0.25, 0.3) is 22.3 Å². The lowest BCUT2D eigenvalue weighted by molar-refractivity contribution is 0.0601. The molecule has 2 heterocycles. The first-order valence-corrected chi connectivity index (χ1v) is 14.5. The zero-order valence-electron chi connectivity index (χ0n) is 25.2. The van der Waals surface area contributed by atoms with Gasteiger partial charge in [0.1, 0.15) is 24.1 Å². The van der Waals surface area contributed by atoms with Crippen LogP contribution in [0.15, 0.2) is 72.8 Å². The number of carbonyl (C=O) groups is 1. The number of ether oxygens (including phenoxy) is 2. The molecular weight excluding hydrogens is 576 g/mol. The molecule has 10 heteroatoms. The molecule has 5 aromatic rings. The van der Waals surface area contributed by atoms with Crippen LogP contribution >= 0.6 is 0 Å². The summed E-state index contributed by atoms with van der Waals surface area (Å²) in [6, 6.07) is 21.5. The number of rotatable bonds is 10. The Balaban J connectivity index is 1.25. The highest BCUT2D eigenvalue weighted by Gasteiger charge is 2.45. The molecule has 8 nitrogen and oxygen atoms in total. The van der Waals surface area contributed by atoms with Crippen LogP contribution in [-0.4, -0.2) is 52.1 Å². The molecule has 0 radical (unpaired) electrons. The Bertz CT molecular complexity index is 1960. The Morgan fingerprint density at radius 2 is 1.78 bits per heavy atom. The van der Waals surface area contributed by atoms with Crippen molar-refractivity contribution in [3.63, 3.8) is 0 Å². The highest BCUT2D eigenvalue weighted by atomic mass is 19.1. The van der Waals surface area contributed by atoms with Crippen molar-refractivity contribution in [1.29, 1.82) is 5.26 Å². The van der Waals surface area contributed by atoms with Gasteiger partial charge in [0.2, 0.25) is 5.88 Å². The third-order valence-electron chi connectivity index (χ3n) is 8.46. The topological polar surface area (TPSA) is 93.3 Å². The second-order valence-electron chi connectivity index (χ2n) is 11.5. The normalized spacial score (nSPS) is 13.5. The number of nitriles is 1. The molecule has 6 rings (SSSR count). The van der Waals surface area contributed by atoms with Gasteiger partial charge in [-0.3, -0.25) is 0 Å². The molecule has 0 spiro atoms. The minimum Gasteiger partial charge on any atom is -0.473 e. The van der Waals surface area contributed by atoms with E-state index in [9.17, 15) is 9.18 Å². The molecule has 0 bridgehead atoms. The van der Waals surface area contributed by atoms with Gasteiger partial charge in [-0.15, -0.1) is 0 Å². The fraction of sp³-hybridized carbons (Fsp3) is 0.257. The summed E-state index contributed by atoms with van der Waals surface area (Å²) >= 11 is 0. The summed E-state index contributed by atoms with van der Waals surface area (Å²) in [6.45, 7) is 0.595. The summed E-state index contributed by atoms with van der Waals surface area (Å²) in [7, 11) is 5.47. The molecule has 2 aromatic heterocycles. The number of methoxy groups -OCH3 is 1. The molecule has 0 N–H and O–H groups in total. The van der Waals surface area contributed by atoms with Crippen molar-refractivity contribution in [3.05, 3.63) is 113 Å². The average Bonchev–Trinajstić information content (AvgIpc) is 3.77. The number of fused-ring (bicyclic) bond motifs is 1. The SMILES string of the molecule is COC(=O)c1ccc2nc(Cc3ccc(-c4cccc(OCc5ccc(C#N)cc5F)n4)cc3F)n(CC3(N(C)C)CC3)c2c1. The van der Waals surface area contributed by atoms with E-state index in [-0.39, 0.29) is 30.0 Å². The van der Waals surface area contributed by atoms with Crippen molar-refractivity contribution in [1.82, 2.24) is 19.4 Å². The minimum atomic E-state index is -0.533. The van der Waals surface area contributed by atoms with Gasteiger partial charge in [-0.2, -0.15) is 5.26 Å². The third kappa shape index (κ3) is 6.12. The molecule has 3 aromatic carbocycles. The quantitative estimate of drug-likeness (QED) is 0.172. The first-order chi connectivity index (χ1) is 21.7. The summed E-state index contributed by atoms with van der Waals surface area (Å²) in [6.07, 6.45) is 2.33. The van der Waals surface area contributed by atoms with Gasteiger partial charge < -0.3 is 18.9 Å². The number of carbonyl (C=O) groups excluding carboxylic acids is 1. The Morgan fingerprint density at radius 3 is 2.47 bits per heavy atom. The highest BCUT2D eigenvalue weighted by Crippen LogP contribution is 2.42. The summed E-state index contributed by atoms with van der Waals surface area (Å²) in [5.74, 6) is -0.394. The minimum absolute atomic E-state index is 0.0172. The maximum Gasteiger partial charge on any atom is 0.337 e. The maximum atomic E-state index is 15.6. The number of hydrogen-bond acceptors (Lipinski definition) is 7. The van der Waals surface area contributed by atoms with Crippen molar-refractivity contribution in [2.45, 2.75) is 38.0 Å². The molecule has 1 saturated carbocycles. The summed E-state index contributed by atoms with van der Waals surface area (Å²) in [4.78, 5) is 23.8. The molecule has 1 aliphatic rings. The van der Waals surface area contributed by atoms with E-state index in [0.29, 0.717) is 40.3 Å². The number of nitrogens with zero attached hydrogens (tertiary/aromatic N) is 5. The lowest BCUT2D eigenvalue weighted by Gasteiger charge is -2.25. The first-order valence-electron chi connectivity index (χ1n) is 14.5. The first kappa shape index (κ1) is 29.9. The number of halogens is 2. The van der Waals surface area contributed by atoms with E-state index in [1.54, 1.807) is 48.5 Å². The zero-order valence-corrected chi connectivity index (χ0v) is 25.2. The second kappa shape index (κ2) is 12.1. The average molecular weight is 608 g/mol. The Hall–Kier alpha value is -5.14. The summed E-state index contributed by atoms with van der Waals surface area (Å²) < 4.78 is 42.7. The number of aromatic nitrogens is 3. The predicted molar refractivity (Wildman–Crippen MR) is 165 cm³/mol. The van der Waals surface area contributed by atoms with Crippen molar-refractivity contribution in [3.8, 4) is 23.2 Å². The van der Waals surface area contributed by atoms with E-state index in [2.05, 4.69) is 28.5 Å². The number of hydrogen-bond donors (Lipinski definition) is 0. The van der Waals surface area contributed by atoms with E-state index < -0.39 is 17.6 Å². The summed E-state index contributed by atoms with van der Waals surface area (Å²) in [5, 5.41) is 8.94. The molecule has 45 heavy (non-hydrogen) atoms. The van der Waals surface area contributed by atoms with Gasteiger partial charge in [0, 0.05) is 35.7 Å². The van der Waals surface area contributed by atoms with Crippen LogP contribution < -0.4 is 4.74 Å². The fourth-order valence-electron chi connectivity index (χ4n) is 5.48. The fourth-order valence-corrected chi connectivity index (χ4v) is 5.48. The van der Waals surface area contributed by atoms with Gasteiger partial charge in [0.15, 0.2) is 0 Å². The lowest BCUT2D eigenvalue weighted by atomic mass is 10.1. The van der Waals surface area contributed by atoms with Gasteiger partial charge >= 0.3 is 5.97 Å². The van der Waals surface area contributed by atoms with E-state index in [4.69, 9.17) is 19.7 Å². The number of pyridine rings is 1. The molecule has 228 valence electrons. The highest BCUT2D eigenvalue weighted by molar-refractivity contribution is 5.93. The van der Waals surface area contributed by atoms with Gasteiger partial charge in [-0.25, -0.2) is 23.5 Å². The van der Waals surface area contributed by atoms with E-state index in [1.165, 1.54) is 25.3 Å². The third-order valence-corrected chi connectivity index (χ3v) is 8.46. The zero-order chi connectivity index (χ0) is 31.7. The van der Waals surface area contributed by atoms with E-state index in [1.807, 2.05) is 6.07 Å². The molecule has 1 aliphatic carbocycles. The molecule has 0 atom stereocenters. The van der Waals surface area contributed by atoms with E-state index in [0.717, 1.165) is 29.9 Å². The van der Waals surface area contributed by atoms with Crippen molar-refractivity contribution in [2.24, 2.45) is 0 Å². The van der Waals surface area contributed by atoms with Crippen LogP contribution in [0, 0.1) is 23.0 Å². The van der Waals surface area contributed by atoms with Gasteiger partial charge in [0.25, 0.3) is 0 Å². The molecule has 1 fully saturated rings. The van der Waals surface area contributed by atoms with Crippen LogP contribution in [0.1, 0.15) is 45.7 Å². The lowest BCUT2D eigenvalue weighted by Crippen LogP contribution is -2.35. The van der Waals surface area contributed by atoms with Gasteiger partial charge in [0.05, 0.1) is 41.0 Å². The van der Waals surface area contributed by atoms with E-state index >= 15 is 4.39 Å². The van der Waals surface area contributed by atoms with Crippen LogP contribution in [-0.2, 0) is 24.3 Å². The second-order valence-corrected chi connectivity index (χ2v) is 11.5.